The second-order valence-corrected chi connectivity index (χ2v) is 5.99. The van der Waals surface area contributed by atoms with Crippen molar-refractivity contribution < 1.29 is 9.18 Å². The molecule has 3 N–H and O–H groups in total. The van der Waals surface area contributed by atoms with Crippen molar-refractivity contribution in [3.05, 3.63) is 34.6 Å². The van der Waals surface area contributed by atoms with Crippen LogP contribution in [0.25, 0.3) is 0 Å². The summed E-state index contributed by atoms with van der Waals surface area (Å²) in [5, 5.41) is 3.68. The first-order chi connectivity index (χ1) is 9.95. The standard InChI is InChI=1S/C15H21ClFN3O/c1-10(11-2-3-14(17)13(16)8-11)19-12-4-6-20(7-5-12)9-15(18)21/h2-3,8,10,12,19H,4-7,9H2,1H3,(H2,18,21). The van der Waals surface area contributed by atoms with Gasteiger partial charge < -0.3 is 11.1 Å². The molecule has 0 aromatic heterocycles. The van der Waals surface area contributed by atoms with E-state index in [9.17, 15) is 9.18 Å². The summed E-state index contributed by atoms with van der Waals surface area (Å²) in [6.07, 6.45) is 1.93. The van der Waals surface area contributed by atoms with Gasteiger partial charge in [-0.05, 0) is 37.5 Å². The van der Waals surface area contributed by atoms with Crippen molar-refractivity contribution in [3.63, 3.8) is 0 Å². The first-order valence-corrected chi connectivity index (χ1v) is 7.55. The highest BCUT2D eigenvalue weighted by atomic mass is 35.5. The van der Waals surface area contributed by atoms with Crippen LogP contribution in [0.1, 0.15) is 31.4 Å². The molecule has 4 nitrogen and oxygen atoms in total. The van der Waals surface area contributed by atoms with Crippen molar-refractivity contribution in [1.82, 2.24) is 10.2 Å². The van der Waals surface area contributed by atoms with E-state index in [2.05, 4.69) is 10.2 Å². The van der Waals surface area contributed by atoms with Gasteiger partial charge in [-0.1, -0.05) is 17.7 Å². The maximum atomic E-state index is 13.2. The molecule has 1 aliphatic rings. The summed E-state index contributed by atoms with van der Waals surface area (Å²) in [7, 11) is 0. The minimum atomic E-state index is -0.396. The Bertz CT molecular complexity index is 504. The van der Waals surface area contributed by atoms with Crippen molar-refractivity contribution in [2.75, 3.05) is 19.6 Å². The normalized spacial score (nSPS) is 18.6. The lowest BCUT2D eigenvalue weighted by Gasteiger charge is -2.33. The number of nitrogens with zero attached hydrogens (tertiary/aromatic N) is 1. The zero-order valence-corrected chi connectivity index (χ0v) is 12.9. The van der Waals surface area contributed by atoms with Gasteiger partial charge in [-0.2, -0.15) is 0 Å². The summed E-state index contributed by atoms with van der Waals surface area (Å²) >= 11 is 5.82. The Morgan fingerprint density at radius 3 is 2.76 bits per heavy atom. The van der Waals surface area contributed by atoms with Crippen LogP contribution in [0.5, 0.6) is 0 Å². The molecule has 1 unspecified atom stereocenters. The van der Waals surface area contributed by atoms with Crippen LogP contribution < -0.4 is 11.1 Å². The number of nitrogens with one attached hydrogen (secondary N) is 1. The fraction of sp³-hybridized carbons (Fsp3) is 0.533. The van der Waals surface area contributed by atoms with E-state index in [1.807, 2.05) is 6.92 Å². The lowest BCUT2D eigenvalue weighted by molar-refractivity contribution is -0.119. The molecule has 1 fully saturated rings. The Kier molecular flexibility index (Phi) is 5.56. The maximum Gasteiger partial charge on any atom is 0.231 e. The minimum Gasteiger partial charge on any atom is -0.369 e. The number of rotatable bonds is 5. The van der Waals surface area contributed by atoms with Crippen molar-refractivity contribution >= 4 is 17.5 Å². The Hall–Kier alpha value is -1.17. The molecule has 0 radical (unpaired) electrons. The lowest BCUT2D eigenvalue weighted by Crippen LogP contribution is -2.45. The molecule has 6 heteroatoms. The highest BCUT2D eigenvalue weighted by molar-refractivity contribution is 6.30. The largest absolute Gasteiger partial charge is 0.369 e. The number of piperidine rings is 1. The number of carbonyl (C=O) groups excluding carboxylic acids is 1. The molecule has 0 saturated carbocycles. The molecule has 0 spiro atoms. The predicted octanol–water partition coefficient (Wildman–Crippen LogP) is 2.08. The topological polar surface area (TPSA) is 58.4 Å². The molecule has 21 heavy (non-hydrogen) atoms. The maximum absolute atomic E-state index is 13.2. The Morgan fingerprint density at radius 1 is 1.52 bits per heavy atom. The molecule has 0 aliphatic carbocycles. The number of carbonyl (C=O) groups is 1. The fourth-order valence-electron chi connectivity index (χ4n) is 2.71. The Labute approximate surface area is 129 Å². The molecular weight excluding hydrogens is 293 g/mol. The van der Waals surface area contributed by atoms with Gasteiger partial charge in [-0.3, -0.25) is 9.69 Å². The predicted molar refractivity (Wildman–Crippen MR) is 81.6 cm³/mol. The Balaban J connectivity index is 1.85. The van der Waals surface area contributed by atoms with E-state index in [0.29, 0.717) is 12.6 Å². The summed E-state index contributed by atoms with van der Waals surface area (Å²) in [5.74, 6) is -0.678. The number of hydrogen-bond acceptors (Lipinski definition) is 3. The van der Waals surface area contributed by atoms with Crippen LogP contribution >= 0.6 is 11.6 Å². The van der Waals surface area contributed by atoms with Crippen LogP contribution in [-0.2, 0) is 4.79 Å². The van der Waals surface area contributed by atoms with Crippen molar-refractivity contribution in [2.24, 2.45) is 5.73 Å². The van der Waals surface area contributed by atoms with E-state index in [1.54, 1.807) is 12.1 Å². The van der Waals surface area contributed by atoms with Crippen LogP contribution in [0.4, 0.5) is 4.39 Å². The van der Waals surface area contributed by atoms with Crippen molar-refractivity contribution in [2.45, 2.75) is 31.8 Å². The summed E-state index contributed by atoms with van der Waals surface area (Å²) < 4.78 is 13.2. The molecule has 0 bridgehead atoms. The highest BCUT2D eigenvalue weighted by Crippen LogP contribution is 2.22. The minimum absolute atomic E-state index is 0.107. The molecule has 1 aliphatic heterocycles. The van der Waals surface area contributed by atoms with E-state index in [1.165, 1.54) is 6.07 Å². The summed E-state index contributed by atoms with van der Waals surface area (Å²) in [5.41, 5.74) is 6.17. The summed E-state index contributed by atoms with van der Waals surface area (Å²) in [6, 6.07) is 5.30. The average molecular weight is 314 g/mol. The molecule has 116 valence electrons. The number of amides is 1. The quantitative estimate of drug-likeness (QED) is 0.875. The molecule has 1 saturated heterocycles. The van der Waals surface area contributed by atoms with E-state index >= 15 is 0 Å². The molecule has 1 amide bonds. The van der Waals surface area contributed by atoms with Crippen molar-refractivity contribution in [1.29, 1.82) is 0 Å². The van der Waals surface area contributed by atoms with Crippen LogP contribution in [-0.4, -0.2) is 36.5 Å². The first kappa shape index (κ1) is 16.2. The van der Waals surface area contributed by atoms with Gasteiger partial charge in [0.1, 0.15) is 5.82 Å². The monoisotopic (exact) mass is 313 g/mol. The van der Waals surface area contributed by atoms with E-state index < -0.39 is 5.82 Å². The van der Waals surface area contributed by atoms with Gasteiger partial charge in [0, 0.05) is 25.2 Å². The van der Waals surface area contributed by atoms with Crippen LogP contribution in [0.2, 0.25) is 5.02 Å². The molecule has 1 atom stereocenters. The van der Waals surface area contributed by atoms with Gasteiger partial charge in [0.2, 0.25) is 5.91 Å². The van der Waals surface area contributed by atoms with Gasteiger partial charge in [-0.25, -0.2) is 4.39 Å². The molecule has 1 aromatic rings. The molecular formula is C15H21ClFN3O. The number of primary amides is 1. The first-order valence-electron chi connectivity index (χ1n) is 7.17. The van der Waals surface area contributed by atoms with Crippen LogP contribution in [0.3, 0.4) is 0 Å². The zero-order chi connectivity index (χ0) is 15.4. The van der Waals surface area contributed by atoms with Gasteiger partial charge >= 0.3 is 0 Å². The number of halogens is 2. The summed E-state index contributed by atoms with van der Waals surface area (Å²) in [4.78, 5) is 13.0. The van der Waals surface area contributed by atoms with Gasteiger partial charge in [0.15, 0.2) is 0 Å². The van der Waals surface area contributed by atoms with Gasteiger partial charge in [0.05, 0.1) is 11.6 Å². The number of benzene rings is 1. The van der Waals surface area contributed by atoms with Crippen LogP contribution in [0.15, 0.2) is 18.2 Å². The van der Waals surface area contributed by atoms with E-state index in [0.717, 1.165) is 31.5 Å². The third kappa shape index (κ3) is 4.66. The second-order valence-electron chi connectivity index (χ2n) is 5.58. The summed E-state index contributed by atoms with van der Waals surface area (Å²) in [6.45, 7) is 4.09. The fourth-order valence-corrected chi connectivity index (χ4v) is 2.90. The van der Waals surface area contributed by atoms with Crippen LogP contribution in [0, 0.1) is 5.82 Å². The third-order valence-electron chi connectivity index (χ3n) is 3.90. The number of likely N-dealkylation sites (tertiary alicyclic amines) is 1. The Morgan fingerprint density at radius 2 is 2.19 bits per heavy atom. The third-order valence-corrected chi connectivity index (χ3v) is 4.19. The average Bonchev–Trinajstić information content (AvgIpc) is 2.43. The second kappa shape index (κ2) is 7.20. The van der Waals surface area contributed by atoms with Gasteiger partial charge in [0.25, 0.3) is 0 Å². The zero-order valence-electron chi connectivity index (χ0n) is 12.1. The molecule has 1 heterocycles. The number of hydrogen-bond donors (Lipinski definition) is 2. The van der Waals surface area contributed by atoms with Gasteiger partial charge in [-0.15, -0.1) is 0 Å². The smallest absolute Gasteiger partial charge is 0.231 e. The van der Waals surface area contributed by atoms with E-state index in [4.69, 9.17) is 17.3 Å². The highest BCUT2D eigenvalue weighted by Gasteiger charge is 2.21. The van der Waals surface area contributed by atoms with Crippen molar-refractivity contribution in [3.8, 4) is 0 Å². The molecule has 1 aromatic carbocycles. The van der Waals surface area contributed by atoms with E-state index in [-0.39, 0.29) is 17.0 Å². The number of nitrogens with two attached hydrogens (primary N) is 1. The SMILES string of the molecule is CC(NC1CCN(CC(N)=O)CC1)c1ccc(F)c(Cl)c1. The lowest BCUT2D eigenvalue weighted by atomic mass is 10.0. The molecule has 2 rings (SSSR count).